The number of piperidine rings is 1. The van der Waals surface area contributed by atoms with Crippen LogP contribution in [0.5, 0.6) is 0 Å². The van der Waals surface area contributed by atoms with Gasteiger partial charge in [-0.2, -0.15) is 0 Å². The first kappa shape index (κ1) is 25.0. The van der Waals surface area contributed by atoms with Crippen molar-refractivity contribution in [2.75, 3.05) is 19.7 Å². The Bertz CT molecular complexity index is 1310. The van der Waals surface area contributed by atoms with Crippen molar-refractivity contribution in [3.8, 4) is 5.69 Å². The van der Waals surface area contributed by atoms with Crippen molar-refractivity contribution < 1.29 is 14.3 Å². The van der Waals surface area contributed by atoms with Gasteiger partial charge in [0.25, 0.3) is 5.56 Å². The van der Waals surface area contributed by atoms with Gasteiger partial charge in [-0.1, -0.05) is 36.0 Å². The first-order valence-electron chi connectivity index (χ1n) is 12.0. The van der Waals surface area contributed by atoms with Crippen molar-refractivity contribution in [3.63, 3.8) is 0 Å². The number of carbonyl (C=O) groups excluding carboxylic acids is 2. The number of amides is 1. The van der Waals surface area contributed by atoms with Gasteiger partial charge in [-0.3, -0.25) is 19.0 Å². The third kappa shape index (κ3) is 5.27. The van der Waals surface area contributed by atoms with Gasteiger partial charge >= 0.3 is 5.97 Å². The lowest BCUT2D eigenvalue weighted by atomic mass is 9.97. The second-order valence-electron chi connectivity index (χ2n) is 8.95. The molecule has 0 spiro atoms. The summed E-state index contributed by atoms with van der Waals surface area (Å²) in [6.07, 6.45) is 1.20. The highest BCUT2D eigenvalue weighted by Crippen LogP contribution is 2.29. The normalized spacial score (nSPS) is 15.3. The van der Waals surface area contributed by atoms with Crippen molar-refractivity contribution in [2.24, 2.45) is 5.92 Å². The van der Waals surface area contributed by atoms with Gasteiger partial charge in [-0.05, 0) is 69.9 Å². The summed E-state index contributed by atoms with van der Waals surface area (Å²) in [4.78, 5) is 45.5. The first-order valence-corrected chi connectivity index (χ1v) is 12.9. The van der Waals surface area contributed by atoms with Gasteiger partial charge in [0.05, 0.1) is 34.4 Å². The van der Waals surface area contributed by atoms with Gasteiger partial charge in [0.15, 0.2) is 5.16 Å². The number of esters is 1. The van der Waals surface area contributed by atoms with Gasteiger partial charge in [0.1, 0.15) is 0 Å². The molecular formula is C27H31N3O4S. The van der Waals surface area contributed by atoms with Crippen molar-refractivity contribution in [2.45, 2.75) is 50.9 Å². The fourth-order valence-electron chi connectivity index (χ4n) is 4.43. The highest BCUT2D eigenvalue weighted by atomic mass is 32.2. The molecule has 2 aromatic carbocycles. The number of thioether (sulfide) groups is 1. The molecule has 35 heavy (non-hydrogen) atoms. The maximum absolute atomic E-state index is 13.6. The fourth-order valence-corrected chi connectivity index (χ4v) is 5.43. The molecule has 1 aliphatic heterocycles. The van der Waals surface area contributed by atoms with E-state index in [-0.39, 0.29) is 23.4 Å². The Hall–Kier alpha value is -3.13. The SMILES string of the molecule is CCOC(=O)C1CCN(C(=O)C(C)Sc2nc3ccccc3c(=O)n2-c2cc(C)ccc2C)CC1. The quantitative estimate of drug-likeness (QED) is 0.290. The maximum Gasteiger partial charge on any atom is 0.309 e. The summed E-state index contributed by atoms with van der Waals surface area (Å²) >= 11 is 1.29. The Labute approximate surface area is 209 Å². The van der Waals surface area contributed by atoms with E-state index >= 15 is 0 Å². The van der Waals surface area contributed by atoms with Crippen LogP contribution in [0.15, 0.2) is 52.4 Å². The molecule has 1 fully saturated rings. The van der Waals surface area contributed by atoms with Crippen LogP contribution < -0.4 is 5.56 Å². The summed E-state index contributed by atoms with van der Waals surface area (Å²) in [5.74, 6) is -0.356. The van der Waals surface area contributed by atoms with Crippen LogP contribution >= 0.6 is 11.8 Å². The van der Waals surface area contributed by atoms with Crippen molar-refractivity contribution in [3.05, 3.63) is 63.9 Å². The Morgan fingerprint density at radius 1 is 1.14 bits per heavy atom. The van der Waals surface area contributed by atoms with E-state index in [2.05, 4.69) is 0 Å². The fraction of sp³-hybridized carbons (Fsp3) is 0.407. The number of para-hydroxylation sites is 1. The molecular weight excluding hydrogens is 462 g/mol. The van der Waals surface area contributed by atoms with Gasteiger partial charge in [0.2, 0.25) is 5.91 Å². The number of rotatable bonds is 6. The maximum atomic E-state index is 13.6. The van der Waals surface area contributed by atoms with Crippen LogP contribution in [-0.2, 0) is 14.3 Å². The second-order valence-corrected chi connectivity index (χ2v) is 10.3. The number of likely N-dealkylation sites (tertiary alicyclic amines) is 1. The molecule has 1 atom stereocenters. The number of nitrogens with zero attached hydrogens (tertiary/aromatic N) is 3. The second kappa shape index (κ2) is 10.6. The Morgan fingerprint density at radius 2 is 1.86 bits per heavy atom. The number of aryl methyl sites for hydroxylation is 2. The average Bonchev–Trinajstić information content (AvgIpc) is 2.86. The first-order chi connectivity index (χ1) is 16.8. The smallest absolute Gasteiger partial charge is 0.309 e. The number of fused-ring (bicyclic) bond motifs is 1. The van der Waals surface area contributed by atoms with E-state index in [4.69, 9.17) is 9.72 Å². The van der Waals surface area contributed by atoms with Crippen LogP contribution in [0.3, 0.4) is 0 Å². The molecule has 7 nitrogen and oxygen atoms in total. The molecule has 3 aromatic rings. The van der Waals surface area contributed by atoms with Crippen LogP contribution in [0, 0.1) is 19.8 Å². The predicted octanol–water partition coefficient (Wildman–Crippen LogP) is 4.28. The van der Waals surface area contributed by atoms with Gasteiger partial charge < -0.3 is 9.64 Å². The summed E-state index contributed by atoms with van der Waals surface area (Å²) in [7, 11) is 0. The molecule has 8 heteroatoms. The van der Waals surface area contributed by atoms with E-state index in [0.29, 0.717) is 48.6 Å². The number of carbonyl (C=O) groups is 2. The summed E-state index contributed by atoms with van der Waals surface area (Å²) < 4.78 is 6.77. The lowest BCUT2D eigenvalue weighted by molar-refractivity contribution is -0.151. The number of aromatic nitrogens is 2. The summed E-state index contributed by atoms with van der Waals surface area (Å²) in [6, 6.07) is 13.3. The summed E-state index contributed by atoms with van der Waals surface area (Å²) in [6.45, 7) is 9.00. The molecule has 1 amide bonds. The van der Waals surface area contributed by atoms with E-state index in [1.54, 1.807) is 22.5 Å². The number of hydrogen-bond acceptors (Lipinski definition) is 6. The number of benzene rings is 2. The molecule has 4 rings (SSSR count). The third-order valence-corrected chi connectivity index (χ3v) is 7.45. The van der Waals surface area contributed by atoms with E-state index in [9.17, 15) is 14.4 Å². The highest BCUT2D eigenvalue weighted by Gasteiger charge is 2.31. The average molecular weight is 494 g/mol. The van der Waals surface area contributed by atoms with Crippen LogP contribution in [0.1, 0.15) is 37.8 Å². The Morgan fingerprint density at radius 3 is 2.57 bits per heavy atom. The molecule has 2 heterocycles. The summed E-state index contributed by atoms with van der Waals surface area (Å²) in [5.41, 5.74) is 3.22. The highest BCUT2D eigenvalue weighted by molar-refractivity contribution is 8.00. The minimum absolute atomic E-state index is 0.0211. The van der Waals surface area contributed by atoms with Crippen molar-refractivity contribution in [1.82, 2.24) is 14.5 Å². The molecule has 1 aliphatic rings. The zero-order chi connectivity index (χ0) is 25.1. The van der Waals surface area contributed by atoms with Gasteiger partial charge in [0, 0.05) is 13.1 Å². The third-order valence-electron chi connectivity index (χ3n) is 6.41. The lowest BCUT2D eigenvalue weighted by Crippen LogP contribution is -2.43. The molecule has 0 radical (unpaired) electrons. The van der Waals surface area contributed by atoms with Crippen molar-refractivity contribution >= 4 is 34.5 Å². The van der Waals surface area contributed by atoms with E-state index in [1.807, 2.05) is 57.2 Å². The number of ether oxygens (including phenoxy) is 1. The molecule has 1 saturated heterocycles. The van der Waals surface area contributed by atoms with Crippen molar-refractivity contribution in [1.29, 1.82) is 0 Å². The van der Waals surface area contributed by atoms with Crippen LogP contribution in [0.4, 0.5) is 0 Å². The van der Waals surface area contributed by atoms with Gasteiger partial charge in [-0.25, -0.2) is 4.98 Å². The molecule has 0 aliphatic carbocycles. The summed E-state index contributed by atoms with van der Waals surface area (Å²) in [5, 5.41) is 0.584. The molecule has 0 N–H and O–H groups in total. The monoisotopic (exact) mass is 493 g/mol. The molecule has 1 unspecified atom stereocenters. The zero-order valence-corrected chi connectivity index (χ0v) is 21.4. The minimum Gasteiger partial charge on any atom is -0.466 e. The standard InChI is InChI=1S/C27H31N3O4S/c1-5-34-26(33)20-12-14-29(15-13-20)24(31)19(4)35-27-28-22-9-7-6-8-21(22)25(32)30(27)23-16-17(2)10-11-18(23)3/h6-11,16,19-20H,5,12-15H2,1-4H3. The van der Waals surface area contributed by atoms with Crippen LogP contribution in [0.2, 0.25) is 0 Å². The van der Waals surface area contributed by atoms with E-state index in [1.165, 1.54) is 11.8 Å². The molecule has 0 bridgehead atoms. The Balaban J connectivity index is 1.62. The van der Waals surface area contributed by atoms with Crippen LogP contribution in [0.25, 0.3) is 16.6 Å². The largest absolute Gasteiger partial charge is 0.466 e. The minimum atomic E-state index is -0.446. The Kier molecular flexibility index (Phi) is 7.60. The van der Waals surface area contributed by atoms with E-state index in [0.717, 1.165) is 16.8 Å². The van der Waals surface area contributed by atoms with Gasteiger partial charge in [-0.15, -0.1) is 0 Å². The van der Waals surface area contributed by atoms with E-state index < -0.39 is 5.25 Å². The zero-order valence-electron chi connectivity index (χ0n) is 20.6. The topological polar surface area (TPSA) is 81.5 Å². The lowest BCUT2D eigenvalue weighted by Gasteiger charge is -2.32. The molecule has 1 aromatic heterocycles. The molecule has 184 valence electrons. The number of hydrogen-bond donors (Lipinski definition) is 0. The molecule has 0 saturated carbocycles. The van der Waals surface area contributed by atoms with Crippen LogP contribution in [-0.4, -0.2) is 51.3 Å². The predicted molar refractivity (Wildman–Crippen MR) is 138 cm³/mol.